The first-order valence-electron chi connectivity index (χ1n) is 4.34. The van der Waals surface area contributed by atoms with Crippen molar-refractivity contribution in [3.8, 4) is 0 Å². The number of carboxylic acid groups (broad SMARTS) is 1. The maximum atomic E-state index is 12.6. The SMILES string of the molecule is NCc1nc(C(F)F)c(CC(=O)O)cc1Cl. The second kappa shape index (κ2) is 5.18. The third-order valence-corrected chi connectivity index (χ3v) is 2.23. The molecule has 3 N–H and O–H groups in total. The third kappa shape index (κ3) is 2.86. The van der Waals surface area contributed by atoms with Crippen molar-refractivity contribution in [3.63, 3.8) is 0 Å². The molecule has 16 heavy (non-hydrogen) atoms. The summed E-state index contributed by atoms with van der Waals surface area (Å²) in [6, 6.07) is 1.17. The molecule has 4 nitrogen and oxygen atoms in total. The van der Waals surface area contributed by atoms with Crippen LogP contribution in [0, 0.1) is 0 Å². The predicted octanol–water partition coefficient (Wildman–Crippen LogP) is 1.76. The van der Waals surface area contributed by atoms with Crippen LogP contribution >= 0.6 is 11.6 Å². The van der Waals surface area contributed by atoms with Gasteiger partial charge in [0, 0.05) is 6.54 Å². The highest BCUT2D eigenvalue weighted by Crippen LogP contribution is 2.26. The van der Waals surface area contributed by atoms with Gasteiger partial charge in [0.1, 0.15) is 5.69 Å². The number of aromatic nitrogens is 1. The van der Waals surface area contributed by atoms with Crippen molar-refractivity contribution < 1.29 is 18.7 Å². The van der Waals surface area contributed by atoms with Gasteiger partial charge in [-0.15, -0.1) is 0 Å². The lowest BCUT2D eigenvalue weighted by atomic mass is 10.1. The Labute approximate surface area is 95.0 Å². The van der Waals surface area contributed by atoms with Crippen molar-refractivity contribution in [2.75, 3.05) is 0 Å². The van der Waals surface area contributed by atoms with Crippen LogP contribution in [0.3, 0.4) is 0 Å². The first-order valence-corrected chi connectivity index (χ1v) is 4.71. The lowest BCUT2D eigenvalue weighted by Crippen LogP contribution is -2.10. The lowest BCUT2D eigenvalue weighted by molar-refractivity contribution is -0.136. The van der Waals surface area contributed by atoms with Gasteiger partial charge in [-0.3, -0.25) is 4.79 Å². The van der Waals surface area contributed by atoms with Crippen LogP contribution < -0.4 is 5.73 Å². The number of carbonyl (C=O) groups is 1. The van der Waals surface area contributed by atoms with Gasteiger partial charge in [-0.25, -0.2) is 13.8 Å². The molecule has 0 fully saturated rings. The highest BCUT2D eigenvalue weighted by atomic mass is 35.5. The molecule has 0 unspecified atom stereocenters. The summed E-state index contributed by atoms with van der Waals surface area (Å²) < 4.78 is 25.2. The van der Waals surface area contributed by atoms with E-state index in [0.29, 0.717) is 0 Å². The van der Waals surface area contributed by atoms with E-state index in [1.54, 1.807) is 0 Å². The molecular formula is C9H9ClF2N2O2. The molecule has 0 aliphatic heterocycles. The molecule has 0 aromatic carbocycles. The largest absolute Gasteiger partial charge is 0.481 e. The summed E-state index contributed by atoms with van der Waals surface area (Å²) in [4.78, 5) is 14.0. The Kier molecular flexibility index (Phi) is 4.14. The molecule has 1 aromatic heterocycles. The Morgan fingerprint density at radius 2 is 2.25 bits per heavy atom. The monoisotopic (exact) mass is 250 g/mol. The predicted molar refractivity (Wildman–Crippen MR) is 53.4 cm³/mol. The van der Waals surface area contributed by atoms with E-state index in [0.717, 1.165) is 0 Å². The number of halogens is 3. The van der Waals surface area contributed by atoms with E-state index < -0.39 is 24.5 Å². The molecule has 0 saturated heterocycles. The minimum atomic E-state index is -2.85. The number of rotatable bonds is 4. The molecule has 0 aliphatic rings. The molecule has 0 radical (unpaired) electrons. The van der Waals surface area contributed by atoms with Crippen LogP contribution in [0.5, 0.6) is 0 Å². The van der Waals surface area contributed by atoms with Gasteiger partial charge in [-0.2, -0.15) is 0 Å². The quantitative estimate of drug-likeness (QED) is 0.854. The third-order valence-electron chi connectivity index (χ3n) is 1.90. The van der Waals surface area contributed by atoms with E-state index >= 15 is 0 Å². The summed E-state index contributed by atoms with van der Waals surface area (Å²) in [7, 11) is 0. The van der Waals surface area contributed by atoms with Crippen molar-refractivity contribution in [1.29, 1.82) is 0 Å². The summed E-state index contributed by atoms with van der Waals surface area (Å²) in [5, 5.41) is 8.65. The fourth-order valence-electron chi connectivity index (χ4n) is 1.22. The molecule has 0 saturated carbocycles. The van der Waals surface area contributed by atoms with Crippen LogP contribution in [0.4, 0.5) is 8.78 Å². The van der Waals surface area contributed by atoms with Crippen LogP contribution in [0.15, 0.2) is 6.07 Å². The van der Waals surface area contributed by atoms with Crippen molar-refractivity contribution >= 4 is 17.6 Å². The van der Waals surface area contributed by atoms with E-state index in [4.69, 9.17) is 22.4 Å². The van der Waals surface area contributed by atoms with Gasteiger partial charge < -0.3 is 10.8 Å². The topological polar surface area (TPSA) is 76.2 Å². The van der Waals surface area contributed by atoms with E-state index in [2.05, 4.69) is 4.98 Å². The fourth-order valence-corrected chi connectivity index (χ4v) is 1.47. The van der Waals surface area contributed by atoms with E-state index in [1.165, 1.54) is 6.07 Å². The van der Waals surface area contributed by atoms with Gasteiger partial charge in [-0.1, -0.05) is 11.6 Å². The van der Waals surface area contributed by atoms with Gasteiger partial charge >= 0.3 is 5.97 Å². The van der Waals surface area contributed by atoms with Crippen molar-refractivity contribution in [1.82, 2.24) is 4.98 Å². The van der Waals surface area contributed by atoms with Crippen LogP contribution in [0.25, 0.3) is 0 Å². The standard InChI is InChI=1S/C9H9ClF2N2O2/c10-5-1-4(2-7(15)16)8(9(11)12)14-6(5)3-13/h1,9H,2-3,13H2,(H,15,16). The second-order valence-corrected chi connectivity index (χ2v) is 3.44. The van der Waals surface area contributed by atoms with E-state index in [9.17, 15) is 13.6 Å². The Morgan fingerprint density at radius 3 is 2.69 bits per heavy atom. The Balaban J connectivity index is 3.24. The minimum absolute atomic E-state index is 0.0775. The summed E-state index contributed by atoms with van der Waals surface area (Å²) in [5.41, 5.74) is 4.72. The van der Waals surface area contributed by atoms with Crippen LogP contribution in [-0.2, 0) is 17.8 Å². The number of hydrogen-bond acceptors (Lipinski definition) is 3. The molecular weight excluding hydrogens is 242 g/mol. The van der Waals surface area contributed by atoms with Gasteiger partial charge in [0.15, 0.2) is 0 Å². The molecule has 7 heteroatoms. The molecule has 0 aliphatic carbocycles. The molecule has 88 valence electrons. The molecule has 0 spiro atoms. The lowest BCUT2D eigenvalue weighted by Gasteiger charge is -2.09. The average Bonchev–Trinajstić information content (AvgIpc) is 2.16. The molecule has 0 amide bonds. The molecule has 1 rings (SSSR count). The summed E-state index contributed by atoms with van der Waals surface area (Å²) >= 11 is 5.71. The number of aliphatic carboxylic acids is 1. The summed E-state index contributed by atoms with van der Waals surface area (Å²) in [6.07, 6.45) is -3.39. The van der Waals surface area contributed by atoms with Gasteiger partial charge in [0.25, 0.3) is 6.43 Å². The Morgan fingerprint density at radius 1 is 1.62 bits per heavy atom. The van der Waals surface area contributed by atoms with Crippen LogP contribution in [0.1, 0.15) is 23.4 Å². The smallest absolute Gasteiger partial charge is 0.307 e. The molecule has 1 heterocycles. The number of hydrogen-bond donors (Lipinski definition) is 2. The van der Waals surface area contributed by atoms with Crippen molar-refractivity contribution in [2.24, 2.45) is 5.73 Å². The Hall–Kier alpha value is -1.27. The molecule has 0 atom stereocenters. The highest BCUT2D eigenvalue weighted by molar-refractivity contribution is 6.31. The van der Waals surface area contributed by atoms with Gasteiger partial charge in [0.05, 0.1) is 17.1 Å². The number of nitrogens with two attached hydrogens (primary N) is 1. The fraction of sp³-hybridized carbons (Fsp3) is 0.333. The first-order chi connectivity index (χ1) is 7.45. The minimum Gasteiger partial charge on any atom is -0.481 e. The maximum Gasteiger partial charge on any atom is 0.307 e. The number of pyridine rings is 1. The van der Waals surface area contributed by atoms with E-state index in [-0.39, 0.29) is 22.8 Å². The molecule has 0 bridgehead atoms. The second-order valence-electron chi connectivity index (χ2n) is 3.04. The zero-order valence-electron chi connectivity index (χ0n) is 8.08. The number of alkyl halides is 2. The Bertz CT molecular complexity index is 413. The van der Waals surface area contributed by atoms with Crippen LogP contribution in [0.2, 0.25) is 5.02 Å². The van der Waals surface area contributed by atoms with Crippen LogP contribution in [-0.4, -0.2) is 16.1 Å². The summed E-state index contributed by atoms with van der Waals surface area (Å²) in [6.45, 7) is -0.0775. The highest BCUT2D eigenvalue weighted by Gasteiger charge is 2.19. The van der Waals surface area contributed by atoms with Gasteiger partial charge in [-0.05, 0) is 11.6 Å². The van der Waals surface area contributed by atoms with E-state index in [1.807, 2.05) is 0 Å². The number of nitrogens with zero attached hydrogens (tertiary/aromatic N) is 1. The molecule has 1 aromatic rings. The zero-order chi connectivity index (χ0) is 12.3. The normalized spacial score (nSPS) is 10.8. The average molecular weight is 251 g/mol. The zero-order valence-corrected chi connectivity index (χ0v) is 8.84. The summed E-state index contributed by atoms with van der Waals surface area (Å²) in [5.74, 6) is -1.22. The van der Waals surface area contributed by atoms with Crippen molar-refractivity contribution in [2.45, 2.75) is 19.4 Å². The van der Waals surface area contributed by atoms with Crippen molar-refractivity contribution in [3.05, 3.63) is 28.0 Å². The number of carboxylic acids is 1. The van der Waals surface area contributed by atoms with Gasteiger partial charge in [0.2, 0.25) is 0 Å². The maximum absolute atomic E-state index is 12.6. The first kappa shape index (κ1) is 12.8.